The number of hydrogen-bond donors (Lipinski definition) is 1. The Kier molecular flexibility index (Phi) is 5.03. The van der Waals surface area contributed by atoms with E-state index in [-0.39, 0.29) is 5.91 Å². The first-order valence-corrected chi connectivity index (χ1v) is 8.49. The molecule has 0 atom stereocenters. The summed E-state index contributed by atoms with van der Waals surface area (Å²) in [6.45, 7) is 4.22. The zero-order valence-corrected chi connectivity index (χ0v) is 14.4. The predicted octanol–water partition coefficient (Wildman–Crippen LogP) is 4.47. The molecule has 130 valence electrons. The van der Waals surface area contributed by atoms with Gasteiger partial charge in [0.2, 0.25) is 5.91 Å². The molecule has 3 aromatic rings. The predicted molar refractivity (Wildman–Crippen MR) is 99.3 cm³/mol. The lowest BCUT2D eigenvalue weighted by atomic mass is 10.1. The molecule has 1 heterocycles. The van der Waals surface area contributed by atoms with Crippen molar-refractivity contribution in [1.29, 1.82) is 0 Å². The van der Waals surface area contributed by atoms with E-state index in [4.69, 9.17) is 9.15 Å². The van der Waals surface area contributed by atoms with Gasteiger partial charge in [0.15, 0.2) is 0 Å². The molecule has 5 nitrogen and oxygen atoms in total. The van der Waals surface area contributed by atoms with Crippen molar-refractivity contribution in [1.82, 2.24) is 0 Å². The van der Waals surface area contributed by atoms with E-state index in [2.05, 4.69) is 12.2 Å². The lowest BCUT2D eigenvalue weighted by molar-refractivity contribution is -0.114. The van der Waals surface area contributed by atoms with Gasteiger partial charge in [-0.15, -0.1) is 0 Å². The van der Waals surface area contributed by atoms with Crippen LogP contribution in [0.3, 0.4) is 0 Å². The van der Waals surface area contributed by atoms with Gasteiger partial charge in [-0.25, -0.2) is 4.79 Å². The fourth-order valence-corrected chi connectivity index (χ4v) is 2.83. The Morgan fingerprint density at radius 1 is 1.08 bits per heavy atom. The van der Waals surface area contributed by atoms with Gasteiger partial charge >= 0.3 is 5.63 Å². The minimum atomic E-state index is -0.433. The highest BCUT2D eigenvalue weighted by Gasteiger charge is 2.10. The summed E-state index contributed by atoms with van der Waals surface area (Å²) in [7, 11) is 0. The molecule has 0 unspecified atom stereocenters. The minimum absolute atomic E-state index is 0.186. The van der Waals surface area contributed by atoms with Crippen molar-refractivity contribution in [2.45, 2.75) is 33.1 Å². The first-order valence-electron chi connectivity index (χ1n) is 8.49. The van der Waals surface area contributed by atoms with Crippen LogP contribution in [-0.2, 0) is 4.79 Å². The van der Waals surface area contributed by atoms with Gasteiger partial charge in [-0.2, -0.15) is 0 Å². The molecule has 0 saturated heterocycles. The monoisotopic (exact) mass is 339 g/mol. The molecule has 0 spiro atoms. The number of anilines is 1. The van der Waals surface area contributed by atoms with Crippen molar-refractivity contribution in [2.75, 3.05) is 11.9 Å². The Morgan fingerprint density at radius 3 is 2.64 bits per heavy atom. The average Bonchev–Trinajstić information content (AvgIpc) is 2.58. The topological polar surface area (TPSA) is 68.5 Å². The van der Waals surface area contributed by atoms with E-state index >= 15 is 0 Å². The van der Waals surface area contributed by atoms with Crippen LogP contribution in [0, 0.1) is 0 Å². The van der Waals surface area contributed by atoms with Crippen molar-refractivity contribution in [2.24, 2.45) is 0 Å². The lowest BCUT2D eigenvalue weighted by Gasteiger charge is -2.09. The normalized spacial score (nSPS) is 11.0. The average molecular weight is 339 g/mol. The molecular weight excluding hydrogens is 318 g/mol. The maximum Gasteiger partial charge on any atom is 0.344 e. The molecule has 1 aromatic heterocycles. The van der Waals surface area contributed by atoms with Gasteiger partial charge in [-0.1, -0.05) is 25.8 Å². The van der Waals surface area contributed by atoms with E-state index in [1.54, 1.807) is 18.2 Å². The fraction of sp³-hybridized carbons (Fsp3) is 0.300. The number of hydrogen-bond acceptors (Lipinski definition) is 4. The minimum Gasteiger partial charge on any atom is -0.493 e. The number of amides is 1. The molecule has 0 aliphatic heterocycles. The maximum atomic E-state index is 12.3. The summed E-state index contributed by atoms with van der Waals surface area (Å²) in [5.74, 6) is 0.510. The van der Waals surface area contributed by atoms with E-state index in [0.717, 1.165) is 30.0 Å². The SMILES string of the molecule is CCCCCOc1ccc2c(c1)oc(=O)c1cc(NC(C)=O)ccc12. The fourth-order valence-electron chi connectivity index (χ4n) is 2.83. The number of benzene rings is 2. The smallest absolute Gasteiger partial charge is 0.344 e. The van der Waals surface area contributed by atoms with Gasteiger partial charge in [0.05, 0.1) is 12.0 Å². The molecule has 1 N–H and O–H groups in total. The summed E-state index contributed by atoms with van der Waals surface area (Å²) >= 11 is 0. The van der Waals surface area contributed by atoms with Crippen LogP contribution in [-0.4, -0.2) is 12.5 Å². The van der Waals surface area contributed by atoms with Crippen molar-refractivity contribution < 1.29 is 13.9 Å². The van der Waals surface area contributed by atoms with Crippen molar-refractivity contribution >= 4 is 33.3 Å². The van der Waals surface area contributed by atoms with Gasteiger partial charge in [0.25, 0.3) is 0 Å². The molecule has 25 heavy (non-hydrogen) atoms. The number of fused-ring (bicyclic) bond motifs is 3. The summed E-state index contributed by atoms with van der Waals surface area (Å²) < 4.78 is 11.2. The second kappa shape index (κ2) is 7.38. The van der Waals surface area contributed by atoms with Crippen LogP contribution in [0.15, 0.2) is 45.6 Å². The highest BCUT2D eigenvalue weighted by molar-refractivity contribution is 6.06. The van der Waals surface area contributed by atoms with Crippen LogP contribution in [0.4, 0.5) is 5.69 Å². The number of ether oxygens (including phenoxy) is 1. The highest BCUT2D eigenvalue weighted by atomic mass is 16.5. The summed E-state index contributed by atoms with van der Waals surface area (Å²) in [6.07, 6.45) is 3.27. The van der Waals surface area contributed by atoms with E-state index in [9.17, 15) is 9.59 Å². The second-order valence-corrected chi connectivity index (χ2v) is 6.04. The number of carbonyl (C=O) groups excluding carboxylic acids is 1. The summed E-state index contributed by atoms with van der Waals surface area (Å²) in [5, 5.41) is 4.74. The molecular formula is C20H21NO4. The van der Waals surface area contributed by atoms with Crippen molar-refractivity contribution in [3.05, 3.63) is 46.8 Å². The zero-order valence-electron chi connectivity index (χ0n) is 14.4. The first-order chi connectivity index (χ1) is 12.1. The third-order valence-electron chi connectivity index (χ3n) is 4.02. The second-order valence-electron chi connectivity index (χ2n) is 6.04. The summed E-state index contributed by atoms with van der Waals surface area (Å²) in [5.41, 5.74) is 0.637. The molecule has 0 bridgehead atoms. The van der Waals surface area contributed by atoms with Crippen molar-refractivity contribution in [3.8, 4) is 5.75 Å². The Bertz CT molecular complexity index is 974. The van der Waals surface area contributed by atoms with Gasteiger partial charge in [-0.3, -0.25) is 4.79 Å². The Balaban J connectivity index is 1.98. The lowest BCUT2D eigenvalue weighted by Crippen LogP contribution is -2.07. The van der Waals surface area contributed by atoms with Crippen LogP contribution in [0.2, 0.25) is 0 Å². The largest absolute Gasteiger partial charge is 0.493 e. The van der Waals surface area contributed by atoms with Crippen LogP contribution in [0.25, 0.3) is 21.7 Å². The van der Waals surface area contributed by atoms with E-state index in [1.807, 2.05) is 18.2 Å². The molecule has 0 aliphatic rings. The molecule has 0 aliphatic carbocycles. The molecule has 1 amide bonds. The molecule has 0 fully saturated rings. The van der Waals surface area contributed by atoms with Gasteiger partial charge < -0.3 is 14.5 Å². The van der Waals surface area contributed by atoms with Crippen LogP contribution < -0.4 is 15.7 Å². The zero-order chi connectivity index (χ0) is 17.8. The number of rotatable bonds is 6. The highest BCUT2D eigenvalue weighted by Crippen LogP contribution is 2.28. The quantitative estimate of drug-likeness (QED) is 0.408. The standard InChI is InChI=1S/C20H21NO4/c1-3-4-5-10-24-15-7-9-17-16-8-6-14(21-13(2)22)11-18(16)20(23)25-19(17)12-15/h6-9,11-12H,3-5,10H2,1-2H3,(H,21,22). The van der Waals surface area contributed by atoms with Crippen LogP contribution in [0.1, 0.15) is 33.1 Å². The van der Waals surface area contributed by atoms with Crippen molar-refractivity contribution in [3.63, 3.8) is 0 Å². The van der Waals surface area contributed by atoms with Gasteiger partial charge in [0.1, 0.15) is 11.3 Å². The molecule has 3 rings (SSSR count). The number of nitrogens with one attached hydrogen (secondary N) is 1. The van der Waals surface area contributed by atoms with E-state index < -0.39 is 5.63 Å². The van der Waals surface area contributed by atoms with E-state index in [1.165, 1.54) is 6.92 Å². The third kappa shape index (κ3) is 3.82. The number of carbonyl (C=O) groups is 1. The van der Waals surface area contributed by atoms with Crippen LogP contribution >= 0.6 is 0 Å². The maximum absolute atomic E-state index is 12.3. The molecule has 0 saturated carbocycles. The molecule has 5 heteroatoms. The summed E-state index contributed by atoms with van der Waals surface area (Å²) in [4.78, 5) is 23.5. The van der Waals surface area contributed by atoms with Gasteiger partial charge in [-0.05, 0) is 30.7 Å². The van der Waals surface area contributed by atoms with E-state index in [0.29, 0.717) is 29.0 Å². The first kappa shape index (κ1) is 17.0. The Morgan fingerprint density at radius 2 is 1.88 bits per heavy atom. The summed E-state index contributed by atoms with van der Waals surface area (Å²) in [6, 6.07) is 10.8. The number of unbranched alkanes of at least 4 members (excludes halogenated alkanes) is 2. The Labute approximate surface area is 145 Å². The van der Waals surface area contributed by atoms with Gasteiger partial charge in [0, 0.05) is 29.4 Å². The Hall–Kier alpha value is -2.82. The van der Waals surface area contributed by atoms with Crippen LogP contribution in [0.5, 0.6) is 5.75 Å². The molecule has 2 aromatic carbocycles. The third-order valence-corrected chi connectivity index (χ3v) is 4.02. The molecule has 0 radical (unpaired) electrons.